The van der Waals surface area contributed by atoms with Crippen LogP contribution in [0.15, 0.2) is 71.8 Å². The number of aromatic nitrogens is 3. The van der Waals surface area contributed by atoms with E-state index in [-0.39, 0.29) is 11.4 Å². The van der Waals surface area contributed by atoms with E-state index in [1.54, 1.807) is 30.6 Å². The number of halogens is 4. The van der Waals surface area contributed by atoms with Gasteiger partial charge in [-0.25, -0.2) is 4.98 Å². The van der Waals surface area contributed by atoms with Crippen molar-refractivity contribution in [3.63, 3.8) is 0 Å². The van der Waals surface area contributed by atoms with E-state index < -0.39 is 17.3 Å². The first-order valence-corrected chi connectivity index (χ1v) is 12.2. The Morgan fingerprint density at radius 3 is 2.52 bits per heavy atom. The maximum atomic E-state index is 13.0. The Morgan fingerprint density at radius 2 is 1.79 bits per heavy atom. The average molecular weight is 567 g/mol. The third-order valence-electron chi connectivity index (χ3n) is 4.77. The highest BCUT2D eigenvalue weighted by molar-refractivity contribution is 14.1. The van der Waals surface area contributed by atoms with E-state index >= 15 is 0 Å². The van der Waals surface area contributed by atoms with Crippen LogP contribution in [-0.4, -0.2) is 26.5 Å². The molecule has 4 aromatic rings. The van der Waals surface area contributed by atoms with E-state index in [1.807, 2.05) is 17.1 Å². The molecule has 0 spiro atoms. The van der Waals surface area contributed by atoms with Gasteiger partial charge in [0.1, 0.15) is 11.6 Å². The second kappa shape index (κ2) is 11.3. The Kier molecular flexibility index (Phi) is 8.43. The first-order chi connectivity index (χ1) is 15.9. The normalized spacial score (nSPS) is 11.1. The van der Waals surface area contributed by atoms with E-state index in [0.29, 0.717) is 23.3 Å². The zero-order chi connectivity index (χ0) is 23.8. The van der Waals surface area contributed by atoms with Gasteiger partial charge in [0, 0.05) is 18.0 Å². The second-order valence-corrected chi connectivity index (χ2v) is 6.98. The molecule has 4 rings (SSSR count). The van der Waals surface area contributed by atoms with Crippen LogP contribution in [0.4, 0.5) is 13.2 Å². The Hall–Kier alpha value is -2.95. The summed E-state index contributed by atoms with van der Waals surface area (Å²) in [5, 5.41) is 0.308. The van der Waals surface area contributed by atoms with Crippen LogP contribution in [0.1, 0.15) is 17.5 Å². The van der Waals surface area contributed by atoms with E-state index in [0.717, 1.165) is 25.0 Å². The number of hydrogen-bond donors (Lipinski definition) is 1. The summed E-state index contributed by atoms with van der Waals surface area (Å²) in [6.45, 7) is 0.474. The molecule has 9 heteroatoms. The fraction of sp³-hybridized carbons (Fsp3) is 0.208. The number of benzene rings is 2. The number of fused-ring (bicyclic) bond motifs is 1. The molecular formula is C24H21F3IN3O2. The maximum Gasteiger partial charge on any atom is 0.416 e. The van der Waals surface area contributed by atoms with Crippen LogP contribution in [0, 0.1) is 0 Å². The molecule has 1 N–H and O–H groups in total. The summed E-state index contributed by atoms with van der Waals surface area (Å²) in [7, 11) is 0. The lowest BCUT2D eigenvalue weighted by atomic mass is 10.1. The fourth-order valence-electron chi connectivity index (χ4n) is 3.20. The third-order valence-corrected chi connectivity index (χ3v) is 4.77. The summed E-state index contributed by atoms with van der Waals surface area (Å²) in [4.78, 5) is 25.4. The monoisotopic (exact) mass is 567 g/mol. The van der Waals surface area contributed by atoms with Crippen molar-refractivity contribution < 1.29 is 17.9 Å². The minimum absolute atomic E-state index is 0.0784. The summed E-state index contributed by atoms with van der Waals surface area (Å²) >= 11 is 2.15. The van der Waals surface area contributed by atoms with Gasteiger partial charge in [0.15, 0.2) is 0 Å². The van der Waals surface area contributed by atoms with Gasteiger partial charge in [0.05, 0.1) is 23.1 Å². The molecule has 2 aromatic heterocycles. The molecule has 172 valence electrons. The molecule has 0 radical (unpaired) electrons. The molecule has 0 aliphatic carbocycles. The van der Waals surface area contributed by atoms with Crippen molar-refractivity contribution >= 4 is 33.5 Å². The number of nitrogens with one attached hydrogen (secondary N) is 1. The molecule has 5 nitrogen and oxygen atoms in total. The lowest BCUT2D eigenvalue weighted by Crippen LogP contribution is -2.11. The summed E-state index contributed by atoms with van der Waals surface area (Å²) in [6.07, 6.45) is 0.652. The van der Waals surface area contributed by atoms with Crippen LogP contribution in [-0.2, 0) is 12.6 Å². The van der Waals surface area contributed by atoms with Crippen molar-refractivity contribution in [1.82, 2.24) is 15.0 Å². The molecule has 2 heterocycles. The standard InChI is InChI=1S/C23H18F3N3O2.CH3I/c24-23(25,26)17-5-1-4-16(13-17)21-28-20-7-6-18(14-19(20)22(30)29-21)31-12-2-3-15-8-10-27-11-9-15;1-2/h1,4-11,13-14H,2-3,12H2,(H,28,29,30);1H3. The van der Waals surface area contributed by atoms with Gasteiger partial charge >= 0.3 is 6.18 Å². The van der Waals surface area contributed by atoms with Crippen molar-refractivity contribution in [2.24, 2.45) is 0 Å². The number of H-pyrrole nitrogens is 1. The summed E-state index contributed by atoms with van der Waals surface area (Å²) in [5.74, 6) is 0.607. The molecule has 0 atom stereocenters. The van der Waals surface area contributed by atoms with Gasteiger partial charge in [-0.1, -0.05) is 34.7 Å². The Labute approximate surface area is 202 Å². The van der Waals surface area contributed by atoms with Crippen LogP contribution < -0.4 is 10.3 Å². The first-order valence-electron chi connectivity index (χ1n) is 10.0. The molecule has 2 aromatic carbocycles. The van der Waals surface area contributed by atoms with E-state index in [9.17, 15) is 18.0 Å². The second-order valence-electron chi connectivity index (χ2n) is 6.98. The van der Waals surface area contributed by atoms with Gasteiger partial charge in [0.2, 0.25) is 0 Å². The molecule has 0 amide bonds. The molecule has 0 saturated heterocycles. The number of nitrogens with zero attached hydrogens (tertiary/aromatic N) is 2. The molecule has 0 saturated carbocycles. The molecule has 0 unspecified atom stereocenters. The quantitative estimate of drug-likeness (QED) is 0.175. The predicted octanol–water partition coefficient (Wildman–Crippen LogP) is 6.07. The zero-order valence-electron chi connectivity index (χ0n) is 17.7. The largest absolute Gasteiger partial charge is 0.494 e. The topological polar surface area (TPSA) is 67.9 Å². The number of rotatable bonds is 6. The van der Waals surface area contributed by atoms with Gasteiger partial charge in [-0.3, -0.25) is 9.78 Å². The van der Waals surface area contributed by atoms with Crippen LogP contribution in [0.5, 0.6) is 5.75 Å². The van der Waals surface area contributed by atoms with Crippen LogP contribution in [0.25, 0.3) is 22.3 Å². The Bertz CT molecular complexity index is 1260. The number of pyridine rings is 1. The lowest BCUT2D eigenvalue weighted by Gasteiger charge is -2.10. The van der Waals surface area contributed by atoms with Crippen LogP contribution in [0.2, 0.25) is 0 Å². The highest BCUT2D eigenvalue weighted by Gasteiger charge is 2.30. The van der Waals surface area contributed by atoms with Crippen molar-refractivity contribution in [1.29, 1.82) is 0 Å². The highest BCUT2D eigenvalue weighted by atomic mass is 127. The van der Waals surface area contributed by atoms with Crippen molar-refractivity contribution in [2.45, 2.75) is 19.0 Å². The maximum absolute atomic E-state index is 13.0. The minimum Gasteiger partial charge on any atom is -0.494 e. The molecule has 0 aliphatic rings. The number of alkyl halides is 4. The fourth-order valence-corrected chi connectivity index (χ4v) is 3.20. The van der Waals surface area contributed by atoms with E-state index in [4.69, 9.17) is 4.74 Å². The summed E-state index contributed by atoms with van der Waals surface area (Å²) in [5.41, 5.74) is 0.480. The molecule has 0 aliphatic heterocycles. The number of aromatic amines is 1. The molecule has 33 heavy (non-hydrogen) atoms. The smallest absolute Gasteiger partial charge is 0.416 e. The van der Waals surface area contributed by atoms with Gasteiger partial charge in [-0.2, -0.15) is 13.2 Å². The van der Waals surface area contributed by atoms with Crippen LogP contribution in [0.3, 0.4) is 0 Å². The summed E-state index contributed by atoms with van der Waals surface area (Å²) < 4.78 is 44.7. The average Bonchev–Trinajstić information content (AvgIpc) is 2.83. The predicted molar refractivity (Wildman–Crippen MR) is 131 cm³/mol. The lowest BCUT2D eigenvalue weighted by molar-refractivity contribution is -0.137. The number of aryl methyl sites for hydroxylation is 1. The SMILES string of the molecule is CI.O=c1[nH]c(-c2cccc(C(F)(F)F)c2)nc2ccc(OCCCc3ccncc3)cc12. The van der Waals surface area contributed by atoms with E-state index in [1.165, 1.54) is 17.7 Å². The number of hydrogen-bond acceptors (Lipinski definition) is 4. The third kappa shape index (κ3) is 6.53. The van der Waals surface area contributed by atoms with Crippen molar-refractivity contribution in [3.05, 3.63) is 88.5 Å². The van der Waals surface area contributed by atoms with E-state index in [2.05, 4.69) is 37.5 Å². The van der Waals surface area contributed by atoms with Gasteiger partial charge < -0.3 is 9.72 Å². The molecular weight excluding hydrogens is 546 g/mol. The number of ether oxygens (including phenoxy) is 1. The Balaban J connectivity index is 0.00000149. The van der Waals surface area contributed by atoms with Gasteiger partial charge in [-0.15, -0.1) is 0 Å². The minimum atomic E-state index is -4.48. The summed E-state index contributed by atoms with van der Waals surface area (Å²) in [6, 6.07) is 13.5. The van der Waals surface area contributed by atoms with Gasteiger partial charge in [-0.05, 0) is 65.8 Å². The Morgan fingerprint density at radius 1 is 1.03 bits per heavy atom. The first kappa shape index (κ1) is 24.7. The molecule has 0 bridgehead atoms. The molecule has 0 fully saturated rings. The van der Waals surface area contributed by atoms with Gasteiger partial charge in [0.25, 0.3) is 5.56 Å². The van der Waals surface area contributed by atoms with Crippen LogP contribution >= 0.6 is 22.6 Å². The van der Waals surface area contributed by atoms with Crippen molar-refractivity contribution in [3.8, 4) is 17.1 Å². The zero-order valence-corrected chi connectivity index (χ0v) is 19.9. The van der Waals surface area contributed by atoms with Crippen molar-refractivity contribution in [2.75, 3.05) is 11.5 Å². The highest BCUT2D eigenvalue weighted by Crippen LogP contribution is 2.31.